The molecule has 0 rings (SSSR count). The summed E-state index contributed by atoms with van der Waals surface area (Å²) in [4.78, 5) is 0. The molecule has 0 aliphatic rings. The molecule has 2 nitrogen and oxygen atoms in total. The maximum Gasteiger partial charge on any atom is 0.0494 e. The van der Waals surface area contributed by atoms with Gasteiger partial charge in [0.05, 0.1) is 0 Å². The van der Waals surface area contributed by atoms with E-state index in [9.17, 15) is 0 Å². The van der Waals surface area contributed by atoms with Crippen molar-refractivity contribution in [2.45, 2.75) is 79.1 Å². The van der Waals surface area contributed by atoms with E-state index in [0.717, 1.165) is 25.0 Å². The van der Waals surface area contributed by atoms with Gasteiger partial charge < -0.3 is 10.2 Å². The Balaban J connectivity index is -0.000000916. The SMILES string of the molecule is C=C.CCCCC(CC)COCC(CC)CCCC.O. The van der Waals surface area contributed by atoms with Gasteiger partial charge in [-0.15, -0.1) is 13.2 Å². The summed E-state index contributed by atoms with van der Waals surface area (Å²) in [6.45, 7) is 17.1. The summed E-state index contributed by atoms with van der Waals surface area (Å²) < 4.78 is 5.93. The van der Waals surface area contributed by atoms with Gasteiger partial charge in [0.25, 0.3) is 0 Å². The zero-order valence-corrected chi connectivity index (χ0v) is 14.5. The summed E-state index contributed by atoms with van der Waals surface area (Å²) in [5.41, 5.74) is 0. The summed E-state index contributed by atoms with van der Waals surface area (Å²) in [6.07, 6.45) is 10.6. The molecule has 0 radical (unpaired) electrons. The van der Waals surface area contributed by atoms with Crippen LogP contribution in [0.5, 0.6) is 0 Å². The highest BCUT2D eigenvalue weighted by Gasteiger charge is 2.09. The lowest BCUT2D eigenvalue weighted by atomic mass is 9.99. The van der Waals surface area contributed by atoms with E-state index in [2.05, 4.69) is 40.9 Å². The van der Waals surface area contributed by atoms with Crippen LogP contribution in [0.3, 0.4) is 0 Å². The highest BCUT2D eigenvalue weighted by molar-refractivity contribution is 4.59. The van der Waals surface area contributed by atoms with Gasteiger partial charge in [0.2, 0.25) is 0 Å². The number of rotatable bonds is 12. The second-order valence-electron chi connectivity index (χ2n) is 5.37. The van der Waals surface area contributed by atoms with Crippen molar-refractivity contribution < 1.29 is 10.2 Å². The van der Waals surface area contributed by atoms with Crippen LogP contribution >= 0.6 is 0 Å². The molecule has 0 aromatic rings. The predicted octanol–water partition coefficient (Wildman–Crippen LogP) is 5.41. The zero-order valence-electron chi connectivity index (χ0n) is 14.5. The van der Waals surface area contributed by atoms with E-state index < -0.39 is 0 Å². The molecule has 2 unspecified atom stereocenters. The van der Waals surface area contributed by atoms with Crippen LogP contribution in [0.15, 0.2) is 13.2 Å². The Morgan fingerprint density at radius 1 is 0.750 bits per heavy atom. The van der Waals surface area contributed by atoms with Crippen LogP contribution in [0.1, 0.15) is 79.1 Å². The lowest BCUT2D eigenvalue weighted by Crippen LogP contribution is -2.14. The van der Waals surface area contributed by atoms with Gasteiger partial charge in [0.15, 0.2) is 0 Å². The van der Waals surface area contributed by atoms with Crippen molar-refractivity contribution >= 4 is 0 Å². The highest BCUT2D eigenvalue weighted by atomic mass is 16.5. The molecule has 0 heterocycles. The minimum atomic E-state index is 0. The van der Waals surface area contributed by atoms with Gasteiger partial charge in [-0.3, -0.25) is 0 Å². The standard InChI is InChI=1S/C16H34O.C2H4.H2O/c1-5-9-11-15(7-3)13-17-14-16(8-4)12-10-6-2;1-2;/h15-16H,5-14H2,1-4H3;1-2H2;1H2. The quantitative estimate of drug-likeness (QED) is 0.442. The third-order valence-electron chi connectivity index (χ3n) is 3.79. The molecule has 0 saturated carbocycles. The molecule has 0 aromatic heterocycles. The van der Waals surface area contributed by atoms with Gasteiger partial charge in [-0.05, 0) is 24.7 Å². The number of unbranched alkanes of at least 4 members (excludes halogenated alkanes) is 2. The van der Waals surface area contributed by atoms with Crippen molar-refractivity contribution in [1.82, 2.24) is 0 Å². The molecule has 0 aromatic carbocycles. The molecule has 0 bridgehead atoms. The van der Waals surface area contributed by atoms with Gasteiger partial charge in [-0.2, -0.15) is 0 Å². The van der Waals surface area contributed by atoms with Crippen LogP contribution in [-0.2, 0) is 4.74 Å². The molecule has 2 atom stereocenters. The third-order valence-corrected chi connectivity index (χ3v) is 3.79. The van der Waals surface area contributed by atoms with E-state index in [1.165, 1.54) is 51.4 Å². The molecular weight excluding hydrogens is 248 g/mol. The first-order valence-electron chi connectivity index (χ1n) is 8.36. The van der Waals surface area contributed by atoms with Crippen molar-refractivity contribution in [1.29, 1.82) is 0 Å². The Hall–Kier alpha value is -0.340. The van der Waals surface area contributed by atoms with Gasteiger partial charge in [-0.1, -0.05) is 66.2 Å². The van der Waals surface area contributed by atoms with Crippen molar-refractivity contribution in [3.63, 3.8) is 0 Å². The van der Waals surface area contributed by atoms with Crippen molar-refractivity contribution in [3.8, 4) is 0 Å². The van der Waals surface area contributed by atoms with Gasteiger partial charge in [0.1, 0.15) is 0 Å². The van der Waals surface area contributed by atoms with Crippen LogP contribution < -0.4 is 0 Å². The summed E-state index contributed by atoms with van der Waals surface area (Å²) in [5, 5.41) is 0. The first-order chi connectivity index (χ1) is 9.28. The largest absolute Gasteiger partial charge is 0.412 e. The second-order valence-corrected chi connectivity index (χ2v) is 5.37. The first kappa shape index (κ1) is 24.7. The fourth-order valence-corrected chi connectivity index (χ4v) is 2.20. The highest BCUT2D eigenvalue weighted by Crippen LogP contribution is 2.16. The van der Waals surface area contributed by atoms with Gasteiger partial charge in [-0.25, -0.2) is 0 Å². The van der Waals surface area contributed by atoms with Crippen LogP contribution in [0.4, 0.5) is 0 Å². The molecule has 0 saturated heterocycles. The number of hydrogen-bond acceptors (Lipinski definition) is 1. The lowest BCUT2D eigenvalue weighted by Gasteiger charge is -2.18. The second kappa shape index (κ2) is 21.0. The molecular formula is C18H40O2. The van der Waals surface area contributed by atoms with E-state index in [1.807, 2.05) is 0 Å². The minimum absolute atomic E-state index is 0. The maximum atomic E-state index is 5.93. The molecule has 2 N–H and O–H groups in total. The van der Waals surface area contributed by atoms with E-state index >= 15 is 0 Å². The summed E-state index contributed by atoms with van der Waals surface area (Å²) in [7, 11) is 0. The molecule has 0 amide bonds. The first-order valence-corrected chi connectivity index (χ1v) is 8.36. The van der Waals surface area contributed by atoms with Crippen molar-refractivity contribution in [3.05, 3.63) is 13.2 Å². The van der Waals surface area contributed by atoms with Crippen LogP contribution in [0.2, 0.25) is 0 Å². The van der Waals surface area contributed by atoms with Crippen LogP contribution in [-0.4, -0.2) is 18.7 Å². The van der Waals surface area contributed by atoms with Gasteiger partial charge >= 0.3 is 0 Å². The Morgan fingerprint density at radius 2 is 1.10 bits per heavy atom. The summed E-state index contributed by atoms with van der Waals surface area (Å²) in [6, 6.07) is 0. The van der Waals surface area contributed by atoms with Crippen molar-refractivity contribution in [2.24, 2.45) is 11.8 Å². The Labute approximate surface area is 128 Å². The monoisotopic (exact) mass is 288 g/mol. The molecule has 0 aliphatic heterocycles. The zero-order chi connectivity index (χ0) is 14.9. The average molecular weight is 289 g/mol. The topological polar surface area (TPSA) is 40.7 Å². The predicted molar refractivity (Wildman–Crippen MR) is 92.3 cm³/mol. The average Bonchev–Trinajstić information content (AvgIpc) is 2.48. The van der Waals surface area contributed by atoms with Crippen LogP contribution in [0.25, 0.3) is 0 Å². The summed E-state index contributed by atoms with van der Waals surface area (Å²) in [5.74, 6) is 1.58. The van der Waals surface area contributed by atoms with E-state index in [-0.39, 0.29) is 5.48 Å². The summed E-state index contributed by atoms with van der Waals surface area (Å²) >= 11 is 0. The fraction of sp³-hybridized carbons (Fsp3) is 0.889. The van der Waals surface area contributed by atoms with Gasteiger partial charge in [0, 0.05) is 13.2 Å². The Kier molecular flexibility index (Phi) is 25.9. The van der Waals surface area contributed by atoms with E-state index in [1.54, 1.807) is 0 Å². The van der Waals surface area contributed by atoms with Crippen LogP contribution in [0, 0.1) is 11.8 Å². The lowest BCUT2D eigenvalue weighted by molar-refractivity contribution is 0.0630. The maximum absolute atomic E-state index is 5.93. The fourth-order valence-electron chi connectivity index (χ4n) is 2.20. The molecule has 0 spiro atoms. The smallest absolute Gasteiger partial charge is 0.0494 e. The number of ether oxygens (including phenoxy) is 1. The van der Waals surface area contributed by atoms with E-state index in [0.29, 0.717) is 0 Å². The Morgan fingerprint density at radius 3 is 1.35 bits per heavy atom. The molecule has 0 fully saturated rings. The third kappa shape index (κ3) is 15.7. The van der Waals surface area contributed by atoms with Crippen molar-refractivity contribution in [2.75, 3.05) is 13.2 Å². The van der Waals surface area contributed by atoms with E-state index in [4.69, 9.17) is 4.74 Å². The molecule has 0 aliphatic carbocycles. The Bertz CT molecular complexity index is 143. The minimum Gasteiger partial charge on any atom is -0.412 e. The number of hydrogen-bond donors (Lipinski definition) is 0. The normalized spacial score (nSPS) is 12.8. The molecule has 20 heavy (non-hydrogen) atoms. The molecule has 2 heteroatoms. The molecule has 124 valence electrons.